The van der Waals surface area contributed by atoms with Crippen LogP contribution in [-0.4, -0.2) is 18.4 Å². The summed E-state index contributed by atoms with van der Waals surface area (Å²) >= 11 is 5.68. The molecule has 0 saturated heterocycles. The van der Waals surface area contributed by atoms with Gasteiger partial charge in [0.05, 0.1) is 0 Å². The van der Waals surface area contributed by atoms with E-state index in [9.17, 15) is 9.59 Å². The predicted molar refractivity (Wildman–Crippen MR) is 60.7 cm³/mol. The van der Waals surface area contributed by atoms with Crippen molar-refractivity contribution >= 4 is 23.4 Å². The molecule has 0 aliphatic rings. The Hall–Kier alpha value is -1.59. The van der Waals surface area contributed by atoms with Gasteiger partial charge in [-0.15, -0.1) is 0 Å². The van der Waals surface area contributed by atoms with Gasteiger partial charge in [0, 0.05) is 23.6 Å². The molecule has 86 valence electrons. The van der Waals surface area contributed by atoms with Gasteiger partial charge < -0.3 is 5.32 Å². The van der Waals surface area contributed by atoms with Crippen molar-refractivity contribution in [1.82, 2.24) is 10.7 Å². The van der Waals surface area contributed by atoms with Gasteiger partial charge in [0.1, 0.15) is 0 Å². The van der Waals surface area contributed by atoms with Crippen LogP contribution in [-0.2, 0) is 4.79 Å². The molecule has 0 bridgehead atoms. The third kappa shape index (κ3) is 3.88. The van der Waals surface area contributed by atoms with Crippen LogP contribution in [0.2, 0.25) is 5.02 Å². The van der Waals surface area contributed by atoms with Crippen LogP contribution >= 0.6 is 11.6 Å². The van der Waals surface area contributed by atoms with E-state index in [4.69, 9.17) is 17.4 Å². The molecule has 0 aromatic heterocycles. The molecule has 16 heavy (non-hydrogen) atoms. The zero-order valence-corrected chi connectivity index (χ0v) is 9.25. The molecule has 1 aromatic carbocycles. The van der Waals surface area contributed by atoms with E-state index in [1.54, 1.807) is 24.3 Å². The van der Waals surface area contributed by atoms with Crippen LogP contribution in [0, 0.1) is 0 Å². The zero-order chi connectivity index (χ0) is 12.0. The largest absolute Gasteiger partial charge is 0.352 e. The fourth-order valence-electron chi connectivity index (χ4n) is 1.07. The van der Waals surface area contributed by atoms with Crippen LogP contribution in [0.4, 0.5) is 0 Å². The Morgan fingerprint density at radius 2 is 1.88 bits per heavy atom. The fraction of sp³-hybridized carbons (Fsp3) is 0.200. The summed E-state index contributed by atoms with van der Waals surface area (Å²) in [7, 11) is 0. The Labute approximate surface area is 97.9 Å². The summed E-state index contributed by atoms with van der Waals surface area (Å²) in [6.45, 7) is 0.241. The lowest BCUT2D eigenvalue weighted by molar-refractivity contribution is -0.121. The standard InChI is InChI=1S/C10H12ClN3O2/c11-8-3-1-7(2-4-8)10(16)13-6-5-9(15)14-12/h1-4H,5-6,12H2,(H,13,16)(H,14,15). The summed E-state index contributed by atoms with van der Waals surface area (Å²) in [4.78, 5) is 22.3. The lowest BCUT2D eigenvalue weighted by atomic mass is 10.2. The van der Waals surface area contributed by atoms with Gasteiger partial charge in [0.2, 0.25) is 5.91 Å². The van der Waals surface area contributed by atoms with Crippen LogP contribution < -0.4 is 16.6 Å². The first kappa shape index (κ1) is 12.5. The molecule has 0 spiro atoms. The minimum absolute atomic E-state index is 0.149. The van der Waals surface area contributed by atoms with Crippen molar-refractivity contribution < 1.29 is 9.59 Å². The van der Waals surface area contributed by atoms with E-state index in [0.717, 1.165) is 0 Å². The molecular formula is C10H12ClN3O2. The average Bonchev–Trinajstić information content (AvgIpc) is 2.29. The summed E-state index contributed by atoms with van der Waals surface area (Å²) in [5.74, 6) is 4.32. The van der Waals surface area contributed by atoms with Crippen molar-refractivity contribution in [2.75, 3.05) is 6.54 Å². The van der Waals surface area contributed by atoms with Crippen molar-refractivity contribution in [2.24, 2.45) is 5.84 Å². The van der Waals surface area contributed by atoms with Crippen molar-refractivity contribution in [3.05, 3.63) is 34.9 Å². The number of benzene rings is 1. The average molecular weight is 242 g/mol. The molecule has 0 aliphatic heterocycles. The minimum Gasteiger partial charge on any atom is -0.352 e. The second-order valence-electron chi connectivity index (χ2n) is 3.08. The third-order valence-electron chi connectivity index (χ3n) is 1.91. The van der Waals surface area contributed by atoms with E-state index in [0.29, 0.717) is 10.6 Å². The Morgan fingerprint density at radius 3 is 2.44 bits per heavy atom. The molecule has 0 saturated carbocycles. The van der Waals surface area contributed by atoms with E-state index < -0.39 is 0 Å². The molecule has 0 aliphatic carbocycles. The second-order valence-corrected chi connectivity index (χ2v) is 3.52. The number of nitrogens with two attached hydrogens (primary N) is 1. The molecule has 2 amide bonds. The van der Waals surface area contributed by atoms with Gasteiger partial charge in [-0.1, -0.05) is 11.6 Å². The molecular weight excluding hydrogens is 230 g/mol. The monoisotopic (exact) mass is 241 g/mol. The van der Waals surface area contributed by atoms with Gasteiger partial charge in [-0.05, 0) is 24.3 Å². The van der Waals surface area contributed by atoms with Crippen molar-refractivity contribution in [1.29, 1.82) is 0 Å². The third-order valence-corrected chi connectivity index (χ3v) is 2.16. The van der Waals surface area contributed by atoms with Crippen LogP contribution in [0.1, 0.15) is 16.8 Å². The Morgan fingerprint density at radius 1 is 1.25 bits per heavy atom. The normalized spacial score (nSPS) is 9.62. The molecule has 0 radical (unpaired) electrons. The fourth-order valence-corrected chi connectivity index (χ4v) is 1.19. The summed E-state index contributed by atoms with van der Waals surface area (Å²) in [6, 6.07) is 6.48. The summed E-state index contributed by atoms with van der Waals surface area (Å²) < 4.78 is 0. The Bertz CT molecular complexity index is 378. The molecule has 1 rings (SSSR count). The number of halogens is 1. The molecule has 0 heterocycles. The number of carbonyl (C=O) groups is 2. The number of amides is 2. The maximum Gasteiger partial charge on any atom is 0.251 e. The summed E-state index contributed by atoms with van der Waals surface area (Å²) in [6.07, 6.45) is 0.149. The van der Waals surface area contributed by atoms with E-state index in [2.05, 4.69) is 5.32 Å². The number of carbonyl (C=O) groups excluding carboxylic acids is 2. The van der Waals surface area contributed by atoms with E-state index >= 15 is 0 Å². The highest BCUT2D eigenvalue weighted by Crippen LogP contribution is 2.09. The molecule has 4 N–H and O–H groups in total. The van der Waals surface area contributed by atoms with Gasteiger partial charge in [-0.3, -0.25) is 15.0 Å². The van der Waals surface area contributed by atoms with Crippen LogP contribution in [0.15, 0.2) is 24.3 Å². The highest BCUT2D eigenvalue weighted by molar-refractivity contribution is 6.30. The molecule has 0 atom stereocenters. The molecule has 6 heteroatoms. The number of rotatable bonds is 4. The molecule has 5 nitrogen and oxygen atoms in total. The first-order chi connectivity index (χ1) is 7.63. The quantitative estimate of drug-likeness (QED) is 0.407. The van der Waals surface area contributed by atoms with Gasteiger partial charge >= 0.3 is 0 Å². The number of hydrazine groups is 1. The number of nitrogens with one attached hydrogen (secondary N) is 2. The molecule has 0 unspecified atom stereocenters. The maximum absolute atomic E-state index is 11.5. The van der Waals surface area contributed by atoms with Gasteiger partial charge in [0.15, 0.2) is 0 Å². The Balaban J connectivity index is 2.41. The van der Waals surface area contributed by atoms with Crippen LogP contribution in [0.25, 0.3) is 0 Å². The Kier molecular flexibility index (Phi) is 4.75. The lowest BCUT2D eigenvalue weighted by Crippen LogP contribution is -2.34. The van der Waals surface area contributed by atoms with E-state index in [1.807, 2.05) is 5.43 Å². The first-order valence-corrected chi connectivity index (χ1v) is 5.04. The highest BCUT2D eigenvalue weighted by atomic mass is 35.5. The van der Waals surface area contributed by atoms with Crippen molar-refractivity contribution in [3.63, 3.8) is 0 Å². The summed E-state index contributed by atoms with van der Waals surface area (Å²) in [5, 5.41) is 3.15. The van der Waals surface area contributed by atoms with Crippen LogP contribution in [0.5, 0.6) is 0 Å². The van der Waals surface area contributed by atoms with Gasteiger partial charge in [-0.25, -0.2) is 5.84 Å². The lowest BCUT2D eigenvalue weighted by Gasteiger charge is -2.04. The van der Waals surface area contributed by atoms with Gasteiger partial charge in [0.25, 0.3) is 5.91 Å². The van der Waals surface area contributed by atoms with Crippen molar-refractivity contribution in [2.45, 2.75) is 6.42 Å². The SMILES string of the molecule is NNC(=O)CCNC(=O)c1ccc(Cl)cc1. The molecule has 0 fully saturated rings. The maximum atomic E-state index is 11.5. The van der Waals surface area contributed by atoms with Gasteiger partial charge in [-0.2, -0.15) is 0 Å². The van der Waals surface area contributed by atoms with Crippen LogP contribution in [0.3, 0.4) is 0 Å². The van der Waals surface area contributed by atoms with E-state index in [-0.39, 0.29) is 24.8 Å². The van der Waals surface area contributed by atoms with Crippen molar-refractivity contribution in [3.8, 4) is 0 Å². The molecule has 1 aromatic rings. The minimum atomic E-state index is -0.323. The predicted octanol–water partition coefficient (Wildman–Crippen LogP) is 0.450. The second kappa shape index (κ2) is 6.09. The number of hydrogen-bond acceptors (Lipinski definition) is 3. The first-order valence-electron chi connectivity index (χ1n) is 4.66. The number of hydrogen-bond donors (Lipinski definition) is 3. The zero-order valence-electron chi connectivity index (χ0n) is 8.50. The highest BCUT2D eigenvalue weighted by Gasteiger charge is 2.05. The topological polar surface area (TPSA) is 84.2 Å². The smallest absolute Gasteiger partial charge is 0.251 e. The summed E-state index contributed by atoms with van der Waals surface area (Å²) in [5.41, 5.74) is 2.48. The van der Waals surface area contributed by atoms with E-state index in [1.165, 1.54) is 0 Å².